The maximum atomic E-state index is 12.0. The van der Waals surface area contributed by atoms with Crippen LogP contribution in [0.2, 0.25) is 0 Å². The normalized spacial score (nSPS) is 22.8. The fourth-order valence-corrected chi connectivity index (χ4v) is 3.25. The number of rotatable bonds is 2. The van der Waals surface area contributed by atoms with E-state index < -0.39 is 9.84 Å². The number of aromatic nitrogens is 3. The second-order valence-electron chi connectivity index (χ2n) is 3.38. The highest BCUT2D eigenvalue weighted by molar-refractivity contribution is 7.91. The fourth-order valence-electron chi connectivity index (χ4n) is 1.57. The molecule has 0 spiro atoms. The third-order valence-corrected chi connectivity index (χ3v) is 4.54. The minimum atomic E-state index is -3.30. The lowest BCUT2D eigenvalue weighted by atomic mass is 10.4. The fraction of sp³-hybridized carbons (Fsp3) is 0.714. The predicted molar refractivity (Wildman–Crippen MR) is 49.5 cm³/mol. The highest BCUT2D eigenvalue weighted by Gasteiger charge is 2.33. The maximum Gasteiger partial charge on any atom is 0.249 e. The third kappa shape index (κ3) is 1.42. The molecule has 0 radical (unpaired) electrons. The van der Waals surface area contributed by atoms with Gasteiger partial charge in [0.25, 0.3) is 0 Å². The van der Waals surface area contributed by atoms with Crippen LogP contribution in [0.3, 0.4) is 0 Å². The average molecular weight is 216 g/mol. The van der Waals surface area contributed by atoms with Crippen molar-refractivity contribution in [1.29, 1.82) is 0 Å². The molecule has 0 amide bonds. The van der Waals surface area contributed by atoms with Crippen molar-refractivity contribution in [2.24, 2.45) is 7.05 Å². The lowest BCUT2D eigenvalue weighted by molar-refractivity contribution is 0.565. The lowest BCUT2D eigenvalue weighted by Crippen LogP contribution is -2.26. The molecule has 1 fully saturated rings. The van der Waals surface area contributed by atoms with E-state index in [2.05, 4.69) is 15.5 Å². The highest BCUT2D eigenvalue weighted by atomic mass is 32.2. The summed E-state index contributed by atoms with van der Waals surface area (Å²) < 4.78 is 25.3. The number of aryl methyl sites for hydroxylation is 1. The molecule has 78 valence electrons. The van der Waals surface area contributed by atoms with Gasteiger partial charge >= 0.3 is 0 Å². The summed E-state index contributed by atoms with van der Waals surface area (Å²) in [6.45, 7) is 1.26. The summed E-state index contributed by atoms with van der Waals surface area (Å²) >= 11 is 0. The van der Waals surface area contributed by atoms with Gasteiger partial charge in [0, 0.05) is 13.6 Å². The Kier molecular flexibility index (Phi) is 2.28. The van der Waals surface area contributed by atoms with Gasteiger partial charge in [0.1, 0.15) is 6.33 Å². The molecule has 2 heterocycles. The molecular formula is C7H12N4O2S. The quantitative estimate of drug-likeness (QED) is 0.682. The number of sulfone groups is 1. The van der Waals surface area contributed by atoms with Crippen LogP contribution in [0.4, 0.5) is 0 Å². The van der Waals surface area contributed by atoms with Crippen LogP contribution in [0.1, 0.15) is 6.42 Å². The molecule has 14 heavy (non-hydrogen) atoms. The van der Waals surface area contributed by atoms with E-state index in [1.165, 1.54) is 10.9 Å². The van der Waals surface area contributed by atoms with Crippen molar-refractivity contribution in [2.45, 2.75) is 16.8 Å². The first-order chi connectivity index (χ1) is 6.62. The average Bonchev–Trinajstić information content (AvgIpc) is 2.72. The van der Waals surface area contributed by atoms with Crippen LogP contribution in [0.15, 0.2) is 11.5 Å². The first-order valence-electron chi connectivity index (χ1n) is 4.41. The molecule has 2 rings (SSSR count). The number of hydrogen-bond donors (Lipinski definition) is 1. The van der Waals surface area contributed by atoms with E-state index in [4.69, 9.17) is 0 Å². The standard InChI is InChI=1S/C7H12N4O2S/c1-11-5-9-10-7(11)14(12,13)6-2-3-8-4-6/h5-6,8H,2-4H2,1H3. The van der Waals surface area contributed by atoms with Gasteiger partial charge in [0.05, 0.1) is 5.25 Å². The van der Waals surface area contributed by atoms with Crippen LogP contribution < -0.4 is 5.32 Å². The van der Waals surface area contributed by atoms with Crippen molar-refractivity contribution in [1.82, 2.24) is 20.1 Å². The van der Waals surface area contributed by atoms with Crippen LogP contribution in [0.5, 0.6) is 0 Å². The Morgan fingerprint density at radius 2 is 2.43 bits per heavy atom. The molecule has 1 aliphatic heterocycles. The summed E-state index contributed by atoms with van der Waals surface area (Å²) in [7, 11) is -1.66. The molecule has 0 saturated carbocycles. The van der Waals surface area contributed by atoms with Crippen molar-refractivity contribution in [3.05, 3.63) is 6.33 Å². The Morgan fingerprint density at radius 3 is 2.93 bits per heavy atom. The second kappa shape index (κ2) is 3.32. The van der Waals surface area contributed by atoms with Gasteiger partial charge in [-0.25, -0.2) is 8.42 Å². The Labute approximate surface area is 82.3 Å². The smallest absolute Gasteiger partial charge is 0.249 e. The van der Waals surface area contributed by atoms with E-state index in [0.29, 0.717) is 13.0 Å². The molecule has 1 aromatic heterocycles. The van der Waals surface area contributed by atoms with Crippen LogP contribution in [0.25, 0.3) is 0 Å². The summed E-state index contributed by atoms with van der Waals surface area (Å²) in [6, 6.07) is 0. The van der Waals surface area contributed by atoms with Crippen molar-refractivity contribution < 1.29 is 8.42 Å². The largest absolute Gasteiger partial charge is 0.315 e. The summed E-state index contributed by atoms with van der Waals surface area (Å²) in [6.07, 6.45) is 2.05. The van der Waals surface area contributed by atoms with E-state index in [0.717, 1.165) is 6.54 Å². The molecule has 1 aromatic rings. The lowest BCUT2D eigenvalue weighted by Gasteiger charge is -2.08. The number of nitrogens with zero attached hydrogens (tertiary/aromatic N) is 3. The first-order valence-corrected chi connectivity index (χ1v) is 5.95. The summed E-state index contributed by atoms with van der Waals surface area (Å²) in [5.41, 5.74) is 0. The summed E-state index contributed by atoms with van der Waals surface area (Å²) in [4.78, 5) is 0. The van der Waals surface area contributed by atoms with Crippen molar-refractivity contribution in [3.63, 3.8) is 0 Å². The minimum absolute atomic E-state index is 0.0613. The predicted octanol–water partition coefficient (Wildman–Crippen LogP) is -1.05. The zero-order chi connectivity index (χ0) is 10.2. The molecular weight excluding hydrogens is 204 g/mol. The second-order valence-corrected chi connectivity index (χ2v) is 5.51. The van der Waals surface area contributed by atoms with E-state index in [-0.39, 0.29) is 10.4 Å². The van der Waals surface area contributed by atoms with Gasteiger partial charge in [0.15, 0.2) is 0 Å². The zero-order valence-corrected chi connectivity index (χ0v) is 8.66. The molecule has 1 unspecified atom stereocenters. The molecule has 1 N–H and O–H groups in total. The van der Waals surface area contributed by atoms with Crippen LogP contribution in [-0.4, -0.2) is 41.5 Å². The Morgan fingerprint density at radius 1 is 1.64 bits per heavy atom. The molecule has 0 bridgehead atoms. The molecule has 0 aliphatic carbocycles. The minimum Gasteiger partial charge on any atom is -0.315 e. The van der Waals surface area contributed by atoms with E-state index >= 15 is 0 Å². The van der Waals surface area contributed by atoms with Gasteiger partial charge in [-0.1, -0.05) is 0 Å². The van der Waals surface area contributed by atoms with Gasteiger partial charge in [0.2, 0.25) is 15.0 Å². The van der Waals surface area contributed by atoms with Crippen LogP contribution in [-0.2, 0) is 16.9 Å². The van der Waals surface area contributed by atoms with E-state index in [9.17, 15) is 8.42 Å². The number of nitrogens with one attached hydrogen (secondary N) is 1. The molecule has 7 heteroatoms. The Hall–Kier alpha value is -0.950. The monoisotopic (exact) mass is 216 g/mol. The molecule has 1 atom stereocenters. The molecule has 6 nitrogen and oxygen atoms in total. The molecule has 0 aromatic carbocycles. The van der Waals surface area contributed by atoms with Gasteiger partial charge in [-0.05, 0) is 13.0 Å². The Bertz CT molecular complexity index is 419. The third-order valence-electron chi connectivity index (χ3n) is 2.38. The first kappa shape index (κ1) is 9.60. The number of hydrogen-bond acceptors (Lipinski definition) is 5. The zero-order valence-electron chi connectivity index (χ0n) is 7.84. The van der Waals surface area contributed by atoms with Gasteiger partial charge < -0.3 is 9.88 Å². The highest BCUT2D eigenvalue weighted by Crippen LogP contribution is 2.17. The SMILES string of the molecule is Cn1cnnc1S(=O)(=O)C1CCNC1. The summed E-state index contributed by atoms with van der Waals surface area (Å²) in [5, 5.41) is 9.93. The maximum absolute atomic E-state index is 12.0. The van der Waals surface area contributed by atoms with E-state index in [1.807, 2.05) is 0 Å². The van der Waals surface area contributed by atoms with Gasteiger partial charge in [-0.3, -0.25) is 0 Å². The summed E-state index contributed by atoms with van der Waals surface area (Å²) in [5.74, 6) is 0. The Balaban J connectivity index is 2.37. The van der Waals surface area contributed by atoms with Gasteiger partial charge in [-0.2, -0.15) is 0 Å². The van der Waals surface area contributed by atoms with Crippen LogP contribution >= 0.6 is 0 Å². The van der Waals surface area contributed by atoms with Crippen molar-refractivity contribution in [2.75, 3.05) is 13.1 Å². The van der Waals surface area contributed by atoms with Crippen molar-refractivity contribution >= 4 is 9.84 Å². The molecule has 1 saturated heterocycles. The van der Waals surface area contributed by atoms with Crippen molar-refractivity contribution in [3.8, 4) is 0 Å². The van der Waals surface area contributed by atoms with Crippen LogP contribution in [0, 0.1) is 0 Å². The topological polar surface area (TPSA) is 76.9 Å². The van der Waals surface area contributed by atoms with Gasteiger partial charge in [-0.15, -0.1) is 10.2 Å². The van der Waals surface area contributed by atoms with E-state index in [1.54, 1.807) is 7.05 Å². The molecule has 1 aliphatic rings.